The molecule has 21 heavy (non-hydrogen) atoms. The zero-order chi connectivity index (χ0) is 15.8. The molecule has 0 saturated carbocycles. The number of hydrogen-bond acceptors (Lipinski definition) is 2. The summed E-state index contributed by atoms with van der Waals surface area (Å²) in [5.41, 5.74) is 1.70. The van der Waals surface area contributed by atoms with E-state index in [9.17, 15) is 9.59 Å². The normalized spacial score (nSPS) is 11.8. The molecule has 1 aromatic rings. The van der Waals surface area contributed by atoms with Crippen LogP contribution in [0.4, 0.5) is 10.5 Å². The van der Waals surface area contributed by atoms with Crippen LogP contribution in [0.15, 0.2) is 24.3 Å². The largest absolute Gasteiger partial charge is 0.481 e. The Morgan fingerprint density at radius 3 is 2.57 bits per heavy atom. The molecule has 1 rings (SSSR count). The van der Waals surface area contributed by atoms with Crippen LogP contribution in [0.25, 0.3) is 0 Å². The molecule has 0 aliphatic carbocycles. The van der Waals surface area contributed by atoms with Gasteiger partial charge in [0.2, 0.25) is 0 Å². The SMILES string of the molecule is CCCC(C)NC(=O)N(CCC(=O)O)c1ccccc1C. The Balaban J connectivity index is 2.89. The van der Waals surface area contributed by atoms with Crippen molar-refractivity contribution in [2.75, 3.05) is 11.4 Å². The average Bonchev–Trinajstić information content (AvgIpc) is 2.40. The summed E-state index contributed by atoms with van der Waals surface area (Å²) in [7, 11) is 0. The predicted molar refractivity (Wildman–Crippen MR) is 83.7 cm³/mol. The molecule has 0 fully saturated rings. The number of carboxylic acids is 1. The molecule has 0 heterocycles. The zero-order valence-corrected chi connectivity index (χ0v) is 12.9. The highest BCUT2D eigenvalue weighted by molar-refractivity contribution is 5.93. The summed E-state index contributed by atoms with van der Waals surface area (Å²) < 4.78 is 0. The van der Waals surface area contributed by atoms with Crippen molar-refractivity contribution in [2.45, 2.75) is 46.1 Å². The molecule has 0 spiro atoms. The third-order valence-corrected chi connectivity index (χ3v) is 3.29. The smallest absolute Gasteiger partial charge is 0.322 e. The number of nitrogens with one attached hydrogen (secondary N) is 1. The second-order valence-corrected chi connectivity index (χ2v) is 5.22. The van der Waals surface area contributed by atoms with Gasteiger partial charge in [0.1, 0.15) is 0 Å². The number of hydrogen-bond donors (Lipinski definition) is 2. The minimum atomic E-state index is -0.914. The summed E-state index contributed by atoms with van der Waals surface area (Å²) in [6.45, 7) is 6.08. The van der Waals surface area contributed by atoms with E-state index in [2.05, 4.69) is 12.2 Å². The van der Waals surface area contributed by atoms with Gasteiger partial charge in [-0.15, -0.1) is 0 Å². The van der Waals surface area contributed by atoms with Crippen LogP contribution in [-0.4, -0.2) is 29.7 Å². The quantitative estimate of drug-likeness (QED) is 0.811. The van der Waals surface area contributed by atoms with Crippen LogP contribution in [0.5, 0.6) is 0 Å². The first-order chi connectivity index (χ1) is 9.95. The Kier molecular flexibility index (Phi) is 6.72. The van der Waals surface area contributed by atoms with E-state index in [-0.39, 0.29) is 25.0 Å². The number of benzene rings is 1. The topological polar surface area (TPSA) is 69.6 Å². The van der Waals surface area contributed by atoms with E-state index in [1.54, 1.807) is 0 Å². The molecular formula is C16H24N2O3. The van der Waals surface area contributed by atoms with Gasteiger partial charge in [0.25, 0.3) is 0 Å². The van der Waals surface area contributed by atoms with Crippen LogP contribution >= 0.6 is 0 Å². The maximum Gasteiger partial charge on any atom is 0.322 e. The fourth-order valence-electron chi connectivity index (χ4n) is 2.20. The monoisotopic (exact) mass is 292 g/mol. The van der Waals surface area contributed by atoms with Crippen molar-refractivity contribution in [1.82, 2.24) is 5.32 Å². The fraction of sp³-hybridized carbons (Fsp3) is 0.500. The number of carbonyl (C=O) groups is 2. The van der Waals surface area contributed by atoms with Crippen molar-refractivity contribution in [2.24, 2.45) is 0 Å². The van der Waals surface area contributed by atoms with Gasteiger partial charge in [-0.1, -0.05) is 31.5 Å². The minimum Gasteiger partial charge on any atom is -0.481 e. The minimum absolute atomic E-state index is 0.0684. The number of carbonyl (C=O) groups excluding carboxylic acids is 1. The number of anilines is 1. The lowest BCUT2D eigenvalue weighted by Crippen LogP contribution is -2.45. The van der Waals surface area contributed by atoms with Gasteiger partial charge in [-0.2, -0.15) is 0 Å². The van der Waals surface area contributed by atoms with Crippen molar-refractivity contribution in [1.29, 1.82) is 0 Å². The van der Waals surface area contributed by atoms with E-state index >= 15 is 0 Å². The highest BCUT2D eigenvalue weighted by Crippen LogP contribution is 2.20. The Morgan fingerprint density at radius 1 is 1.33 bits per heavy atom. The summed E-state index contributed by atoms with van der Waals surface area (Å²) in [5, 5.41) is 11.8. The van der Waals surface area contributed by atoms with Crippen molar-refractivity contribution in [3.8, 4) is 0 Å². The van der Waals surface area contributed by atoms with Crippen LogP contribution < -0.4 is 10.2 Å². The van der Waals surface area contributed by atoms with Gasteiger partial charge in [-0.3, -0.25) is 9.69 Å². The van der Waals surface area contributed by atoms with Gasteiger partial charge in [0.05, 0.1) is 6.42 Å². The molecule has 0 aliphatic heterocycles. The van der Waals surface area contributed by atoms with Crippen molar-refractivity contribution < 1.29 is 14.7 Å². The number of aryl methyl sites for hydroxylation is 1. The number of carboxylic acid groups (broad SMARTS) is 1. The molecule has 1 unspecified atom stereocenters. The molecule has 0 aromatic heterocycles. The van der Waals surface area contributed by atoms with E-state index in [4.69, 9.17) is 5.11 Å². The van der Waals surface area contributed by atoms with Crippen LogP contribution in [0.2, 0.25) is 0 Å². The van der Waals surface area contributed by atoms with Gasteiger partial charge < -0.3 is 10.4 Å². The Labute approximate surface area is 126 Å². The van der Waals surface area contributed by atoms with Crippen LogP contribution in [0.3, 0.4) is 0 Å². The van der Waals surface area contributed by atoms with Crippen molar-refractivity contribution >= 4 is 17.7 Å². The number of amides is 2. The molecule has 5 heteroatoms. The molecule has 2 N–H and O–H groups in total. The average molecular weight is 292 g/mol. The Morgan fingerprint density at radius 2 is 2.00 bits per heavy atom. The van der Waals surface area contributed by atoms with E-state index in [1.807, 2.05) is 38.1 Å². The van der Waals surface area contributed by atoms with Gasteiger partial charge in [0.15, 0.2) is 0 Å². The van der Waals surface area contributed by atoms with Gasteiger partial charge in [0, 0.05) is 18.3 Å². The maximum atomic E-state index is 12.4. The van der Waals surface area contributed by atoms with Gasteiger partial charge in [-0.25, -0.2) is 4.79 Å². The molecule has 0 saturated heterocycles. The van der Waals surface area contributed by atoms with Crippen LogP contribution in [-0.2, 0) is 4.79 Å². The summed E-state index contributed by atoms with van der Waals surface area (Å²) in [6.07, 6.45) is 1.80. The van der Waals surface area contributed by atoms with E-state index < -0.39 is 5.97 Å². The summed E-state index contributed by atoms with van der Waals surface area (Å²) >= 11 is 0. The molecule has 5 nitrogen and oxygen atoms in total. The number of para-hydroxylation sites is 1. The molecule has 1 atom stereocenters. The molecule has 2 amide bonds. The standard InChI is InChI=1S/C16H24N2O3/c1-4-7-13(3)17-16(21)18(11-10-15(19)20)14-9-6-5-8-12(14)2/h5-6,8-9,13H,4,7,10-11H2,1-3H3,(H,17,21)(H,19,20). The maximum absolute atomic E-state index is 12.4. The van der Waals surface area contributed by atoms with E-state index in [0.29, 0.717) is 0 Å². The number of aliphatic carboxylic acids is 1. The van der Waals surface area contributed by atoms with Crippen molar-refractivity contribution in [3.05, 3.63) is 29.8 Å². The second-order valence-electron chi connectivity index (χ2n) is 5.22. The molecule has 0 aliphatic rings. The second kappa shape index (κ2) is 8.29. The number of nitrogens with zero attached hydrogens (tertiary/aromatic N) is 1. The third-order valence-electron chi connectivity index (χ3n) is 3.29. The van der Waals surface area contributed by atoms with Gasteiger partial charge >= 0.3 is 12.0 Å². The molecule has 1 aromatic carbocycles. The number of urea groups is 1. The first kappa shape index (κ1) is 17.0. The lowest BCUT2D eigenvalue weighted by atomic mass is 10.1. The highest BCUT2D eigenvalue weighted by Gasteiger charge is 2.19. The lowest BCUT2D eigenvalue weighted by Gasteiger charge is -2.26. The summed E-state index contributed by atoms with van der Waals surface area (Å²) in [6, 6.07) is 7.31. The highest BCUT2D eigenvalue weighted by atomic mass is 16.4. The lowest BCUT2D eigenvalue weighted by molar-refractivity contribution is -0.136. The predicted octanol–water partition coefficient (Wildman–Crippen LogP) is 3.17. The molecule has 0 bridgehead atoms. The van der Waals surface area contributed by atoms with Gasteiger partial charge in [-0.05, 0) is 31.9 Å². The van der Waals surface area contributed by atoms with E-state index in [0.717, 1.165) is 24.1 Å². The Bertz CT molecular complexity index is 488. The molecule has 116 valence electrons. The fourth-order valence-corrected chi connectivity index (χ4v) is 2.20. The summed E-state index contributed by atoms with van der Waals surface area (Å²) in [4.78, 5) is 24.7. The molecule has 0 radical (unpaired) electrons. The zero-order valence-electron chi connectivity index (χ0n) is 12.9. The molecular weight excluding hydrogens is 268 g/mol. The Hall–Kier alpha value is -2.04. The van der Waals surface area contributed by atoms with Crippen molar-refractivity contribution in [3.63, 3.8) is 0 Å². The number of rotatable bonds is 7. The van der Waals surface area contributed by atoms with Crippen LogP contribution in [0.1, 0.15) is 38.7 Å². The van der Waals surface area contributed by atoms with E-state index in [1.165, 1.54) is 4.90 Å². The summed E-state index contributed by atoms with van der Waals surface area (Å²) in [5.74, 6) is -0.914. The van der Waals surface area contributed by atoms with Crippen LogP contribution in [0, 0.1) is 6.92 Å². The third kappa shape index (κ3) is 5.45. The first-order valence-electron chi connectivity index (χ1n) is 7.31. The first-order valence-corrected chi connectivity index (χ1v) is 7.31.